The van der Waals surface area contributed by atoms with Gasteiger partial charge < -0.3 is 10.2 Å². The van der Waals surface area contributed by atoms with Crippen LogP contribution < -0.4 is 5.32 Å². The van der Waals surface area contributed by atoms with Crippen LogP contribution in [0.25, 0.3) is 0 Å². The van der Waals surface area contributed by atoms with Gasteiger partial charge >= 0.3 is 0 Å². The minimum absolute atomic E-state index is 0.107. The van der Waals surface area contributed by atoms with Gasteiger partial charge in [0.05, 0.1) is 9.82 Å². The summed E-state index contributed by atoms with van der Waals surface area (Å²) < 4.78 is 0. The van der Waals surface area contributed by atoms with Crippen LogP contribution in [0.1, 0.15) is 26.3 Å². The van der Waals surface area contributed by atoms with Gasteiger partial charge in [0.1, 0.15) is 0 Å². The van der Waals surface area contributed by atoms with Crippen LogP contribution in [0.4, 0.5) is 5.69 Å². The molecule has 0 aliphatic rings. The van der Waals surface area contributed by atoms with E-state index in [2.05, 4.69) is 5.32 Å². The number of hydrogen-bond acceptors (Lipinski definition) is 5. The molecule has 0 aliphatic carbocycles. The van der Waals surface area contributed by atoms with Crippen molar-refractivity contribution in [3.63, 3.8) is 0 Å². The summed E-state index contributed by atoms with van der Waals surface area (Å²) in [6.07, 6.45) is 0. The van der Waals surface area contributed by atoms with E-state index in [-0.39, 0.29) is 23.7 Å². The Morgan fingerprint density at radius 3 is 2.22 bits per heavy atom. The van der Waals surface area contributed by atoms with Crippen molar-refractivity contribution < 1.29 is 14.5 Å². The average Bonchev–Trinajstić information content (AvgIpc) is 2.78. The molecule has 32 heavy (non-hydrogen) atoms. The van der Waals surface area contributed by atoms with E-state index in [0.29, 0.717) is 15.5 Å². The fourth-order valence-electron chi connectivity index (χ4n) is 2.82. The first-order valence-electron chi connectivity index (χ1n) is 9.55. The molecule has 0 spiro atoms. The van der Waals surface area contributed by atoms with E-state index in [9.17, 15) is 19.7 Å². The van der Waals surface area contributed by atoms with E-state index >= 15 is 0 Å². The summed E-state index contributed by atoms with van der Waals surface area (Å²) >= 11 is 7.11. The summed E-state index contributed by atoms with van der Waals surface area (Å²) in [5.74, 6) is -0.533. The molecule has 3 aromatic carbocycles. The normalized spacial score (nSPS) is 10.5. The second-order valence-corrected chi connectivity index (χ2v) is 8.63. The summed E-state index contributed by atoms with van der Waals surface area (Å²) in [7, 11) is 3.35. The number of nitro groups is 1. The zero-order valence-corrected chi connectivity index (χ0v) is 18.9. The third kappa shape index (κ3) is 5.87. The van der Waals surface area contributed by atoms with Gasteiger partial charge in [-0.3, -0.25) is 19.7 Å². The van der Waals surface area contributed by atoms with Gasteiger partial charge in [0.25, 0.3) is 17.5 Å². The molecule has 7 nitrogen and oxygen atoms in total. The van der Waals surface area contributed by atoms with Crippen LogP contribution in [0.2, 0.25) is 5.02 Å². The van der Waals surface area contributed by atoms with Crippen molar-refractivity contribution in [3.8, 4) is 0 Å². The molecule has 164 valence electrons. The van der Waals surface area contributed by atoms with Crippen molar-refractivity contribution in [2.75, 3.05) is 14.1 Å². The van der Waals surface area contributed by atoms with Gasteiger partial charge in [-0.2, -0.15) is 0 Å². The molecule has 3 rings (SSSR count). The highest BCUT2D eigenvalue weighted by Crippen LogP contribution is 2.35. The Kier molecular flexibility index (Phi) is 7.50. The molecule has 9 heteroatoms. The van der Waals surface area contributed by atoms with Gasteiger partial charge in [-0.15, -0.1) is 0 Å². The van der Waals surface area contributed by atoms with Crippen LogP contribution in [-0.4, -0.2) is 35.7 Å². The molecule has 0 unspecified atom stereocenters. The molecule has 0 bridgehead atoms. The van der Waals surface area contributed by atoms with E-state index in [1.165, 1.54) is 22.7 Å². The van der Waals surface area contributed by atoms with Crippen LogP contribution in [-0.2, 0) is 6.54 Å². The number of carbonyl (C=O) groups excluding carboxylic acids is 2. The van der Waals surface area contributed by atoms with Gasteiger partial charge in [0, 0.05) is 47.8 Å². The standard InChI is InChI=1S/C23H20ClN3O4S/c1-26(2)23(29)16-5-3-15(4-6-16)14-25-22(28)17-7-12-21(20(13-17)27(30)31)32-19-10-8-18(24)9-11-19/h3-13H,14H2,1-2H3,(H,25,28). The Bertz CT molecular complexity index is 1150. The van der Waals surface area contributed by atoms with Gasteiger partial charge in [0.15, 0.2) is 0 Å². The predicted octanol–water partition coefficient (Wildman–Crippen LogP) is 5.03. The monoisotopic (exact) mass is 469 g/mol. The molecular formula is C23H20ClN3O4S. The minimum Gasteiger partial charge on any atom is -0.348 e. The largest absolute Gasteiger partial charge is 0.348 e. The van der Waals surface area contributed by atoms with Crippen LogP contribution in [0.3, 0.4) is 0 Å². The molecule has 0 fully saturated rings. The number of nitrogens with zero attached hydrogens (tertiary/aromatic N) is 2. The molecule has 0 radical (unpaired) electrons. The third-order valence-electron chi connectivity index (χ3n) is 4.52. The van der Waals surface area contributed by atoms with Crippen LogP contribution in [0, 0.1) is 10.1 Å². The maximum absolute atomic E-state index is 12.5. The maximum atomic E-state index is 12.5. The second-order valence-electron chi connectivity index (χ2n) is 7.07. The second kappa shape index (κ2) is 10.3. The van der Waals surface area contributed by atoms with Crippen LogP contribution >= 0.6 is 23.4 Å². The zero-order chi connectivity index (χ0) is 23.3. The number of rotatable bonds is 7. The Morgan fingerprint density at radius 2 is 1.62 bits per heavy atom. The van der Waals surface area contributed by atoms with Gasteiger partial charge in [0.2, 0.25) is 0 Å². The quantitative estimate of drug-likeness (QED) is 0.387. The zero-order valence-electron chi connectivity index (χ0n) is 17.4. The number of benzene rings is 3. The summed E-state index contributed by atoms with van der Waals surface area (Å²) in [6, 6.07) is 18.2. The topological polar surface area (TPSA) is 92.6 Å². The minimum atomic E-state index is -0.504. The molecule has 3 aromatic rings. The molecule has 2 amide bonds. The number of nitrogens with one attached hydrogen (secondary N) is 1. The molecule has 1 N–H and O–H groups in total. The Balaban J connectivity index is 1.70. The summed E-state index contributed by atoms with van der Waals surface area (Å²) in [6.45, 7) is 0.227. The lowest BCUT2D eigenvalue weighted by Crippen LogP contribution is -2.23. The maximum Gasteiger partial charge on any atom is 0.284 e. The van der Waals surface area contributed by atoms with Gasteiger partial charge in [-0.1, -0.05) is 35.5 Å². The first-order chi connectivity index (χ1) is 15.2. The first kappa shape index (κ1) is 23.3. The average molecular weight is 470 g/mol. The molecule has 0 saturated heterocycles. The number of carbonyl (C=O) groups is 2. The summed E-state index contributed by atoms with van der Waals surface area (Å²) in [4.78, 5) is 38.3. The number of amides is 2. The van der Waals surface area contributed by atoms with Crippen molar-refractivity contribution in [2.45, 2.75) is 16.3 Å². The lowest BCUT2D eigenvalue weighted by molar-refractivity contribution is -0.387. The van der Waals surface area contributed by atoms with Crippen LogP contribution in [0.5, 0.6) is 0 Å². The van der Waals surface area contributed by atoms with E-state index in [1.807, 2.05) is 0 Å². The summed E-state index contributed by atoms with van der Waals surface area (Å²) in [5.41, 5.74) is 1.40. The van der Waals surface area contributed by atoms with Crippen molar-refractivity contribution in [2.24, 2.45) is 0 Å². The SMILES string of the molecule is CN(C)C(=O)c1ccc(CNC(=O)c2ccc(Sc3ccc(Cl)cc3)c([N+](=O)[O-])c2)cc1. The van der Waals surface area contributed by atoms with Crippen molar-refractivity contribution >= 4 is 40.9 Å². The van der Waals surface area contributed by atoms with E-state index in [1.54, 1.807) is 74.8 Å². The Hall–Kier alpha value is -3.36. The lowest BCUT2D eigenvalue weighted by atomic mass is 10.1. The van der Waals surface area contributed by atoms with E-state index in [0.717, 1.165) is 10.5 Å². The number of hydrogen-bond donors (Lipinski definition) is 1. The van der Waals surface area contributed by atoms with E-state index in [4.69, 9.17) is 11.6 Å². The first-order valence-corrected chi connectivity index (χ1v) is 10.7. The predicted molar refractivity (Wildman–Crippen MR) is 124 cm³/mol. The fraction of sp³-hybridized carbons (Fsp3) is 0.130. The highest BCUT2D eigenvalue weighted by atomic mass is 35.5. The van der Waals surface area contributed by atoms with Crippen LogP contribution in [0.15, 0.2) is 76.5 Å². The molecule has 0 atom stereocenters. The van der Waals surface area contributed by atoms with Crippen molar-refractivity contribution in [1.82, 2.24) is 10.2 Å². The molecule has 0 aromatic heterocycles. The lowest BCUT2D eigenvalue weighted by Gasteiger charge is -2.11. The van der Waals surface area contributed by atoms with Gasteiger partial charge in [-0.05, 0) is 54.1 Å². The van der Waals surface area contributed by atoms with Crippen molar-refractivity contribution in [3.05, 3.63) is 98.6 Å². The highest BCUT2D eigenvalue weighted by molar-refractivity contribution is 7.99. The Labute approximate surface area is 194 Å². The third-order valence-corrected chi connectivity index (χ3v) is 5.84. The fourth-order valence-corrected chi connectivity index (χ4v) is 3.85. The number of nitro benzene ring substituents is 1. The smallest absolute Gasteiger partial charge is 0.284 e. The van der Waals surface area contributed by atoms with E-state index < -0.39 is 10.8 Å². The highest BCUT2D eigenvalue weighted by Gasteiger charge is 2.18. The molecule has 0 heterocycles. The van der Waals surface area contributed by atoms with Gasteiger partial charge in [-0.25, -0.2) is 0 Å². The molecule has 0 aliphatic heterocycles. The Morgan fingerprint density at radius 1 is 1.00 bits per heavy atom. The van der Waals surface area contributed by atoms with Crippen molar-refractivity contribution in [1.29, 1.82) is 0 Å². The summed E-state index contributed by atoms with van der Waals surface area (Å²) in [5, 5.41) is 14.9. The number of halogens is 1. The molecular weight excluding hydrogens is 450 g/mol. The molecule has 0 saturated carbocycles.